The molecule has 0 aromatic carbocycles. The van der Waals surface area contributed by atoms with Crippen LogP contribution in [0.4, 0.5) is 4.79 Å². The maximum atomic E-state index is 11.9. The van der Waals surface area contributed by atoms with Crippen LogP contribution in [0.25, 0.3) is 0 Å². The van der Waals surface area contributed by atoms with Gasteiger partial charge in [-0.05, 0) is 47.0 Å². The van der Waals surface area contributed by atoms with Crippen LogP contribution in [0.1, 0.15) is 53.4 Å². The Morgan fingerprint density at radius 3 is 2.56 bits per heavy atom. The Kier molecular flexibility index (Phi) is 12.4. The molecule has 1 rings (SSSR count). The number of esters is 1. The molecular weight excluding hydrogens is 463 g/mol. The van der Waals surface area contributed by atoms with E-state index in [0.717, 1.165) is 38.3 Å². The van der Waals surface area contributed by atoms with Gasteiger partial charge in [-0.15, -0.1) is 24.0 Å². The third-order valence-corrected chi connectivity index (χ3v) is 3.82. The van der Waals surface area contributed by atoms with Crippen molar-refractivity contribution in [2.45, 2.75) is 65.0 Å². The molecule has 1 atom stereocenters. The molecule has 1 aliphatic heterocycles. The smallest absolute Gasteiger partial charge is 0.407 e. The van der Waals surface area contributed by atoms with Crippen LogP contribution in [0.3, 0.4) is 0 Å². The van der Waals surface area contributed by atoms with Gasteiger partial charge in [0, 0.05) is 32.6 Å². The number of hydrogen-bond acceptors (Lipinski definition) is 5. The van der Waals surface area contributed by atoms with Gasteiger partial charge in [0.05, 0.1) is 13.2 Å². The van der Waals surface area contributed by atoms with E-state index in [4.69, 9.17) is 4.74 Å². The van der Waals surface area contributed by atoms with Crippen molar-refractivity contribution < 1.29 is 19.1 Å². The number of likely N-dealkylation sites (tertiary alicyclic amines) is 1. The first-order valence-corrected chi connectivity index (χ1v) is 9.34. The van der Waals surface area contributed by atoms with Gasteiger partial charge in [0.25, 0.3) is 0 Å². The van der Waals surface area contributed by atoms with Crippen LogP contribution < -0.4 is 10.6 Å². The van der Waals surface area contributed by atoms with E-state index >= 15 is 0 Å². The fourth-order valence-electron chi connectivity index (χ4n) is 2.64. The number of nitrogens with one attached hydrogen (secondary N) is 2. The predicted octanol–water partition coefficient (Wildman–Crippen LogP) is 2.51. The van der Waals surface area contributed by atoms with Gasteiger partial charge in [-0.3, -0.25) is 9.79 Å². The van der Waals surface area contributed by atoms with E-state index < -0.39 is 5.60 Å². The highest BCUT2D eigenvalue weighted by Crippen LogP contribution is 2.12. The monoisotopic (exact) mass is 498 g/mol. The van der Waals surface area contributed by atoms with Crippen LogP contribution in [0.2, 0.25) is 0 Å². The number of amides is 1. The highest BCUT2D eigenvalue weighted by Gasteiger charge is 2.27. The first-order chi connectivity index (χ1) is 12.2. The van der Waals surface area contributed by atoms with Crippen LogP contribution in [0, 0.1) is 0 Å². The van der Waals surface area contributed by atoms with Gasteiger partial charge in [0.15, 0.2) is 5.96 Å². The summed E-state index contributed by atoms with van der Waals surface area (Å²) in [5.41, 5.74) is -0.497. The number of methoxy groups -OCH3 is 1. The third kappa shape index (κ3) is 11.2. The lowest BCUT2D eigenvalue weighted by Crippen LogP contribution is -2.44. The molecule has 1 aliphatic rings. The van der Waals surface area contributed by atoms with Gasteiger partial charge in [-0.1, -0.05) is 0 Å². The highest BCUT2D eigenvalue weighted by molar-refractivity contribution is 14.0. The van der Waals surface area contributed by atoms with E-state index in [-0.39, 0.29) is 42.1 Å². The average Bonchev–Trinajstić information content (AvgIpc) is 2.99. The first kappa shape index (κ1) is 25.7. The number of halogens is 1. The lowest BCUT2D eigenvalue weighted by molar-refractivity contribution is -0.140. The Bertz CT molecular complexity index is 494. The summed E-state index contributed by atoms with van der Waals surface area (Å²) in [7, 11) is 1.40. The van der Waals surface area contributed by atoms with Crippen LogP contribution in [0.15, 0.2) is 4.99 Å². The highest BCUT2D eigenvalue weighted by atomic mass is 127. The zero-order chi connectivity index (χ0) is 19.6. The maximum Gasteiger partial charge on any atom is 0.407 e. The Morgan fingerprint density at radius 1 is 1.26 bits per heavy atom. The first-order valence-electron chi connectivity index (χ1n) is 9.34. The molecule has 0 aromatic rings. The number of alkyl carbamates (subject to hydrolysis) is 1. The standard InChI is InChI=1S/C18H34N4O4.HI/c1-6-19-16(20-11-8-7-9-15(23)25-5)22-12-10-14(13-22)21-17(24)26-18(2,3)4;/h14H,6-13H2,1-5H3,(H,19,20)(H,21,24);1H. The summed E-state index contributed by atoms with van der Waals surface area (Å²) in [6.07, 6.45) is 2.49. The van der Waals surface area contributed by atoms with Gasteiger partial charge in [0.1, 0.15) is 5.60 Å². The fraction of sp³-hybridized carbons (Fsp3) is 0.833. The minimum absolute atomic E-state index is 0. The van der Waals surface area contributed by atoms with Crippen LogP contribution >= 0.6 is 24.0 Å². The van der Waals surface area contributed by atoms with E-state index in [1.54, 1.807) is 0 Å². The Hall–Kier alpha value is -1.26. The number of guanidine groups is 1. The maximum absolute atomic E-state index is 11.9. The van der Waals surface area contributed by atoms with E-state index in [1.165, 1.54) is 7.11 Å². The summed E-state index contributed by atoms with van der Waals surface area (Å²) in [6, 6.07) is 0.0491. The molecule has 9 heteroatoms. The van der Waals surface area contributed by atoms with Crippen molar-refractivity contribution in [3.63, 3.8) is 0 Å². The molecule has 1 unspecified atom stereocenters. The number of hydrogen-bond donors (Lipinski definition) is 2. The van der Waals surface area contributed by atoms with Gasteiger partial charge >= 0.3 is 12.1 Å². The summed E-state index contributed by atoms with van der Waals surface area (Å²) in [4.78, 5) is 29.8. The molecule has 158 valence electrons. The summed E-state index contributed by atoms with van der Waals surface area (Å²) in [5.74, 6) is 0.663. The Morgan fingerprint density at radius 2 is 1.96 bits per heavy atom. The zero-order valence-electron chi connectivity index (χ0n) is 17.2. The van der Waals surface area contributed by atoms with Crippen LogP contribution in [0.5, 0.6) is 0 Å². The van der Waals surface area contributed by atoms with Gasteiger partial charge in [-0.25, -0.2) is 4.79 Å². The number of aliphatic imine (C=N–C) groups is 1. The second-order valence-electron chi connectivity index (χ2n) is 7.35. The SMILES string of the molecule is CCNC(=NCCCCC(=O)OC)N1CCC(NC(=O)OC(C)(C)C)C1.I. The Labute approximate surface area is 179 Å². The van der Waals surface area contributed by atoms with Crippen molar-refractivity contribution in [2.24, 2.45) is 4.99 Å². The van der Waals surface area contributed by atoms with Crippen LogP contribution in [-0.4, -0.2) is 67.9 Å². The van der Waals surface area contributed by atoms with E-state index in [0.29, 0.717) is 19.5 Å². The third-order valence-electron chi connectivity index (χ3n) is 3.82. The minimum Gasteiger partial charge on any atom is -0.469 e. The molecule has 1 heterocycles. The lowest BCUT2D eigenvalue weighted by atomic mass is 10.2. The summed E-state index contributed by atoms with van der Waals surface area (Å²) >= 11 is 0. The molecule has 0 aliphatic carbocycles. The van der Waals surface area contributed by atoms with Crippen molar-refractivity contribution >= 4 is 42.0 Å². The molecule has 0 radical (unpaired) electrons. The predicted molar refractivity (Wildman–Crippen MR) is 117 cm³/mol. The van der Waals surface area contributed by atoms with Gasteiger partial charge < -0.3 is 25.0 Å². The second kappa shape index (κ2) is 13.0. The van der Waals surface area contributed by atoms with Crippen molar-refractivity contribution in [2.75, 3.05) is 33.3 Å². The summed E-state index contributed by atoms with van der Waals surface area (Å²) < 4.78 is 9.94. The molecule has 1 saturated heterocycles. The van der Waals surface area contributed by atoms with Crippen molar-refractivity contribution in [1.82, 2.24) is 15.5 Å². The molecule has 0 bridgehead atoms. The quantitative estimate of drug-likeness (QED) is 0.184. The molecule has 0 spiro atoms. The van der Waals surface area contributed by atoms with Gasteiger partial charge in [-0.2, -0.15) is 0 Å². The average molecular weight is 498 g/mol. The number of unbranched alkanes of at least 4 members (excludes halogenated alkanes) is 1. The van der Waals surface area contributed by atoms with E-state index in [2.05, 4.69) is 25.3 Å². The normalized spacial score (nSPS) is 17.1. The molecule has 2 N–H and O–H groups in total. The van der Waals surface area contributed by atoms with Crippen LogP contribution in [-0.2, 0) is 14.3 Å². The zero-order valence-corrected chi connectivity index (χ0v) is 19.5. The number of rotatable bonds is 7. The van der Waals surface area contributed by atoms with Crippen molar-refractivity contribution in [3.8, 4) is 0 Å². The van der Waals surface area contributed by atoms with E-state index in [9.17, 15) is 9.59 Å². The molecule has 8 nitrogen and oxygen atoms in total. The molecule has 1 fully saturated rings. The lowest BCUT2D eigenvalue weighted by Gasteiger charge is -2.23. The minimum atomic E-state index is -0.497. The largest absolute Gasteiger partial charge is 0.469 e. The second-order valence-corrected chi connectivity index (χ2v) is 7.35. The molecule has 27 heavy (non-hydrogen) atoms. The summed E-state index contributed by atoms with van der Waals surface area (Å²) in [6.45, 7) is 10.5. The molecular formula is C18H35IN4O4. The number of nitrogens with zero attached hydrogens (tertiary/aromatic N) is 2. The molecule has 0 aromatic heterocycles. The fourth-order valence-corrected chi connectivity index (χ4v) is 2.64. The number of ether oxygens (including phenoxy) is 2. The molecule has 0 saturated carbocycles. The number of carbonyl (C=O) groups excluding carboxylic acids is 2. The van der Waals surface area contributed by atoms with E-state index in [1.807, 2.05) is 27.7 Å². The summed E-state index contributed by atoms with van der Waals surface area (Å²) in [5, 5.41) is 6.21. The van der Waals surface area contributed by atoms with Gasteiger partial charge in [0.2, 0.25) is 0 Å². The van der Waals surface area contributed by atoms with Crippen molar-refractivity contribution in [1.29, 1.82) is 0 Å². The topological polar surface area (TPSA) is 92.3 Å². The Balaban J connectivity index is 0.00000676. The molecule has 1 amide bonds. The van der Waals surface area contributed by atoms with Crippen molar-refractivity contribution in [3.05, 3.63) is 0 Å². The number of carbonyl (C=O) groups is 2.